The number of nitrogens with zero attached hydrogens (tertiary/aromatic N) is 6. The molecule has 0 aliphatic carbocycles. The van der Waals surface area contributed by atoms with Crippen molar-refractivity contribution < 1.29 is 9.21 Å². The largest absolute Gasteiger partial charge is 0.461 e. The number of aromatic nitrogens is 4. The average molecular weight is 488 g/mol. The van der Waals surface area contributed by atoms with Gasteiger partial charge in [-0.25, -0.2) is 14.2 Å². The van der Waals surface area contributed by atoms with Crippen LogP contribution in [0.3, 0.4) is 0 Å². The molecular weight excluding hydrogens is 466 g/mol. The smallest absolute Gasteiger partial charge is 0.322 e. The highest BCUT2D eigenvalue weighted by atomic mass is 35.5. The number of furan rings is 1. The van der Waals surface area contributed by atoms with Gasteiger partial charge in [0.2, 0.25) is 11.8 Å². The third kappa shape index (κ3) is 3.83. The molecule has 3 aromatic heterocycles. The van der Waals surface area contributed by atoms with Gasteiger partial charge in [-0.15, -0.1) is 10.2 Å². The van der Waals surface area contributed by atoms with Gasteiger partial charge >= 0.3 is 6.03 Å². The summed E-state index contributed by atoms with van der Waals surface area (Å²) >= 11 is 6.28. The number of nitrogens with one attached hydrogen (secondary N) is 1. The molecule has 1 fully saturated rings. The zero-order valence-corrected chi connectivity index (χ0v) is 19.7. The highest BCUT2D eigenvalue weighted by Crippen LogP contribution is 2.31. The van der Waals surface area contributed by atoms with Crippen LogP contribution < -0.4 is 10.2 Å². The van der Waals surface area contributed by atoms with Crippen molar-refractivity contribution in [3.05, 3.63) is 71.9 Å². The number of halogens is 1. The van der Waals surface area contributed by atoms with Crippen molar-refractivity contribution in [1.29, 1.82) is 0 Å². The van der Waals surface area contributed by atoms with E-state index in [4.69, 9.17) is 21.0 Å². The van der Waals surface area contributed by atoms with Crippen molar-refractivity contribution in [1.82, 2.24) is 24.5 Å². The van der Waals surface area contributed by atoms with Gasteiger partial charge in [0.25, 0.3) is 0 Å². The van der Waals surface area contributed by atoms with Crippen LogP contribution >= 0.6 is 11.6 Å². The van der Waals surface area contributed by atoms with E-state index in [1.54, 1.807) is 6.26 Å². The van der Waals surface area contributed by atoms with Crippen molar-refractivity contribution in [2.75, 3.05) is 29.9 Å². The van der Waals surface area contributed by atoms with E-state index in [0.717, 1.165) is 16.6 Å². The number of carbonyl (C=O) groups excluding carboxylic acids is 1. The quantitative estimate of drug-likeness (QED) is 0.388. The Morgan fingerprint density at radius 2 is 1.94 bits per heavy atom. The molecule has 1 unspecified atom stereocenters. The molecule has 35 heavy (non-hydrogen) atoms. The molecule has 10 heteroatoms. The van der Waals surface area contributed by atoms with Gasteiger partial charge in [-0.05, 0) is 49.4 Å². The Morgan fingerprint density at radius 3 is 2.71 bits per heavy atom. The van der Waals surface area contributed by atoms with E-state index in [1.807, 2.05) is 76.9 Å². The fourth-order valence-electron chi connectivity index (χ4n) is 4.53. The summed E-state index contributed by atoms with van der Waals surface area (Å²) < 4.78 is 7.55. The number of rotatable bonds is 3. The molecule has 0 radical (unpaired) electrons. The van der Waals surface area contributed by atoms with Crippen molar-refractivity contribution in [2.45, 2.75) is 13.0 Å². The van der Waals surface area contributed by atoms with Crippen molar-refractivity contribution in [3.63, 3.8) is 0 Å². The van der Waals surface area contributed by atoms with Gasteiger partial charge in [0, 0.05) is 41.8 Å². The predicted octanol–water partition coefficient (Wildman–Crippen LogP) is 4.93. The molecule has 2 aromatic carbocycles. The van der Waals surface area contributed by atoms with E-state index in [-0.39, 0.29) is 12.1 Å². The zero-order valence-electron chi connectivity index (χ0n) is 18.9. The fourth-order valence-corrected chi connectivity index (χ4v) is 4.69. The molecule has 4 heterocycles. The van der Waals surface area contributed by atoms with Crippen LogP contribution in [0.25, 0.3) is 28.1 Å². The van der Waals surface area contributed by atoms with Crippen LogP contribution in [0, 0.1) is 0 Å². The third-order valence-corrected chi connectivity index (χ3v) is 6.46. The lowest BCUT2D eigenvalue weighted by Gasteiger charge is -2.40. The molecule has 1 saturated heterocycles. The molecule has 0 bridgehead atoms. The third-order valence-electron chi connectivity index (χ3n) is 6.22. The molecule has 5 aromatic rings. The van der Waals surface area contributed by atoms with Crippen molar-refractivity contribution in [3.8, 4) is 11.6 Å². The van der Waals surface area contributed by atoms with Crippen LogP contribution in [0.1, 0.15) is 6.92 Å². The molecule has 1 N–H and O–H groups in total. The van der Waals surface area contributed by atoms with Crippen LogP contribution in [-0.4, -0.2) is 56.2 Å². The van der Waals surface area contributed by atoms with Gasteiger partial charge in [-0.1, -0.05) is 29.8 Å². The van der Waals surface area contributed by atoms with Gasteiger partial charge in [0.15, 0.2) is 11.4 Å². The fraction of sp³-hybridized carbons (Fsp3) is 0.200. The monoisotopic (exact) mass is 487 g/mol. The van der Waals surface area contributed by atoms with Crippen LogP contribution in [-0.2, 0) is 0 Å². The number of piperazine rings is 1. The van der Waals surface area contributed by atoms with E-state index in [2.05, 4.69) is 20.4 Å². The number of carbonyl (C=O) groups is 1. The lowest BCUT2D eigenvalue weighted by atomic mass is 10.2. The molecule has 1 atom stereocenters. The highest BCUT2D eigenvalue weighted by molar-refractivity contribution is 6.31. The molecule has 1 aliphatic heterocycles. The van der Waals surface area contributed by atoms with Crippen LogP contribution in [0.5, 0.6) is 0 Å². The number of hydrogen-bond donors (Lipinski definition) is 1. The lowest BCUT2D eigenvalue weighted by Crippen LogP contribution is -2.55. The highest BCUT2D eigenvalue weighted by Gasteiger charge is 2.31. The number of hydrogen-bond acceptors (Lipinski definition) is 6. The SMILES string of the molecule is CC1CN(c2nc3cc(Cl)ccc3c3nnc(-c4ccco4)n23)CCN1C(=O)Nc1ccccc1. The Hall–Kier alpha value is -4.11. The Bertz CT molecular complexity index is 1520. The summed E-state index contributed by atoms with van der Waals surface area (Å²) in [7, 11) is 0. The second-order valence-corrected chi connectivity index (χ2v) is 8.95. The summed E-state index contributed by atoms with van der Waals surface area (Å²) in [4.78, 5) is 21.9. The lowest BCUT2D eigenvalue weighted by molar-refractivity contribution is 0.184. The maximum atomic E-state index is 12.9. The van der Waals surface area contributed by atoms with Gasteiger partial charge in [0.05, 0.1) is 11.8 Å². The number of anilines is 2. The first kappa shape index (κ1) is 21.4. The second kappa shape index (κ2) is 8.59. The number of amides is 2. The van der Waals surface area contributed by atoms with E-state index in [0.29, 0.717) is 47.8 Å². The molecule has 0 saturated carbocycles. The summed E-state index contributed by atoms with van der Waals surface area (Å²) in [5.41, 5.74) is 2.18. The molecule has 1 aliphatic rings. The first-order valence-corrected chi connectivity index (χ1v) is 11.7. The molecule has 9 nitrogen and oxygen atoms in total. The first-order valence-electron chi connectivity index (χ1n) is 11.3. The van der Waals surface area contributed by atoms with Crippen LogP contribution in [0.4, 0.5) is 16.4 Å². The summed E-state index contributed by atoms with van der Waals surface area (Å²) in [5.74, 6) is 1.85. The van der Waals surface area contributed by atoms with Crippen molar-refractivity contribution in [2.24, 2.45) is 0 Å². The normalized spacial score (nSPS) is 16.2. The van der Waals surface area contributed by atoms with Gasteiger partial charge in [-0.2, -0.15) is 0 Å². The van der Waals surface area contributed by atoms with Gasteiger partial charge in [-0.3, -0.25) is 0 Å². The first-order chi connectivity index (χ1) is 17.1. The minimum Gasteiger partial charge on any atom is -0.461 e. The van der Waals surface area contributed by atoms with Crippen LogP contribution in [0.2, 0.25) is 5.02 Å². The number of urea groups is 1. The summed E-state index contributed by atoms with van der Waals surface area (Å²) in [6.07, 6.45) is 1.61. The predicted molar refractivity (Wildman–Crippen MR) is 135 cm³/mol. The minimum atomic E-state index is -0.118. The van der Waals surface area contributed by atoms with Gasteiger partial charge in [0.1, 0.15) is 0 Å². The zero-order chi connectivity index (χ0) is 23.9. The van der Waals surface area contributed by atoms with Crippen molar-refractivity contribution >= 4 is 45.8 Å². The molecule has 0 spiro atoms. The van der Waals surface area contributed by atoms with E-state index < -0.39 is 0 Å². The Kier molecular flexibility index (Phi) is 5.26. The maximum Gasteiger partial charge on any atom is 0.322 e. The average Bonchev–Trinajstić information content (AvgIpc) is 3.54. The maximum absolute atomic E-state index is 12.9. The number of fused-ring (bicyclic) bond motifs is 3. The summed E-state index contributed by atoms with van der Waals surface area (Å²) in [6, 6.07) is 18.5. The van der Waals surface area contributed by atoms with Gasteiger partial charge < -0.3 is 19.5 Å². The molecular formula is C25H22ClN7O2. The standard InChI is InChI=1S/C25H22ClN7O2/c1-16-15-31(11-12-32(16)25(34)27-18-6-3-2-4-7-18)24-28-20-14-17(26)9-10-19(20)22-29-30-23(33(22)24)21-8-5-13-35-21/h2-10,13-14,16H,11-12,15H2,1H3,(H,27,34). The minimum absolute atomic E-state index is 0.0529. The Balaban J connectivity index is 1.37. The molecule has 2 amide bonds. The molecule has 6 rings (SSSR count). The second-order valence-electron chi connectivity index (χ2n) is 8.52. The Morgan fingerprint density at radius 1 is 1.09 bits per heavy atom. The Labute approximate surface area is 205 Å². The van der Waals surface area contributed by atoms with Crippen LogP contribution in [0.15, 0.2) is 71.3 Å². The number of benzene rings is 2. The number of para-hydroxylation sites is 1. The summed E-state index contributed by atoms with van der Waals surface area (Å²) in [6.45, 7) is 3.75. The van der Waals surface area contributed by atoms with E-state index in [9.17, 15) is 4.79 Å². The summed E-state index contributed by atoms with van der Waals surface area (Å²) in [5, 5.41) is 13.3. The topological polar surface area (TPSA) is 91.8 Å². The van der Waals surface area contributed by atoms with E-state index in [1.165, 1.54) is 0 Å². The van der Waals surface area contributed by atoms with E-state index >= 15 is 0 Å². The molecule has 176 valence electrons.